The van der Waals surface area contributed by atoms with E-state index in [1.165, 1.54) is 38.5 Å². The van der Waals surface area contributed by atoms with Crippen LogP contribution >= 0.6 is 7.92 Å². The van der Waals surface area contributed by atoms with Crippen LogP contribution in [0.15, 0.2) is 0 Å². The second kappa shape index (κ2) is 4.78. The molecule has 0 heterocycles. The smallest absolute Gasteiger partial charge is 0.0128 e. The molecule has 0 saturated heterocycles. The Hall–Kier alpha value is 0.430. The van der Waals surface area contributed by atoms with Crippen molar-refractivity contribution in [2.45, 2.75) is 57.5 Å². The van der Waals surface area contributed by atoms with Crippen molar-refractivity contribution >= 4 is 7.92 Å². The van der Waals surface area contributed by atoms with Gasteiger partial charge in [0.15, 0.2) is 0 Å². The molecule has 1 heteroatoms. The van der Waals surface area contributed by atoms with Crippen LogP contribution in [-0.2, 0) is 0 Å². The molecule has 0 aromatic carbocycles. The molecule has 0 atom stereocenters. The lowest BCUT2D eigenvalue weighted by Gasteiger charge is -2.36. The van der Waals surface area contributed by atoms with Gasteiger partial charge in [-0.15, -0.1) is 7.92 Å². The monoisotopic (exact) mass is 200 g/mol. The molecule has 0 aromatic heterocycles. The summed E-state index contributed by atoms with van der Waals surface area (Å²) in [6, 6.07) is 0. The third kappa shape index (κ3) is 3.24. The maximum absolute atomic E-state index is 2.52. The van der Waals surface area contributed by atoms with Crippen LogP contribution in [0.1, 0.15) is 52.4 Å². The van der Waals surface area contributed by atoms with Gasteiger partial charge in [0.05, 0.1) is 0 Å². The van der Waals surface area contributed by atoms with Gasteiger partial charge in [0.2, 0.25) is 0 Å². The van der Waals surface area contributed by atoms with Crippen molar-refractivity contribution in [3.63, 3.8) is 0 Å². The zero-order chi connectivity index (χ0) is 9.90. The van der Waals surface area contributed by atoms with Crippen molar-refractivity contribution in [2.24, 2.45) is 5.92 Å². The van der Waals surface area contributed by atoms with E-state index in [2.05, 4.69) is 27.2 Å². The van der Waals surface area contributed by atoms with E-state index in [1.807, 2.05) is 0 Å². The van der Waals surface area contributed by atoms with Crippen LogP contribution < -0.4 is 0 Å². The summed E-state index contributed by atoms with van der Waals surface area (Å²) >= 11 is 0. The van der Waals surface area contributed by atoms with Crippen LogP contribution in [0.25, 0.3) is 0 Å². The molecule has 1 aliphatic rings. The first-order valence-corrected chi connectivity index (χ1v) is 7.96. The molecule has 13 heavy (non-hydrogen) atoms. The van der Waals surface area contributed by atoms with E-state index in [4.69, 9.17) is 0 Å². The van der Waals surface area contributed by atoms with Crippen molar-refractivity contribution in [3.05, 3.63) is 0 Å². The van der Waals surface area contributed by atoms with Crippen LogP contribution in [0, 0.1) is 5.92 Å². The fraction of sp³-hybridized carbons (Fsp3) is 1.00. The van der Waals surface area contributed by atoms with Crippen LogP contribution in [0.2, 0.25) is 0 Å². The van der Waals surface area contributed by atoms with E-state index < -0.39 is 0 Å². The number of rotatable bonds is 1. The number of hydrogen-bond donors (Lipinski definition) is 0. The second-order valence-electron chi connectivity index (χ2n) is 5.28. The average molecular weight is 200 g/mol. The number of hydrogen-bond acceptors (Lipinski definition) is 0. The topological polar surface area (TPSA) is 0 Å². The van der Waals surface area contributed by atoms with Gasteiger partial charge in [-0.1, -0.05) is 39.5 Å². The van der Waals surface area contributed by atoms with Crippen LogP contribution in [0.5, 0.6) is 0 Å². The van der Waals surface area contributed by atoms with E-state index in [1.54, 1.807) is 0 Å². The highest BCUT2D eigenvalue weighted by molar-refractivity contribution is 7.57. The Morgan fingerprint density at radius 1 is 1.08 bits per heavy atom. The Kier molecular flexibility index (Phi) is 4.23. The molecule has 0 amide bonds. The molecule has 0 radical (unpaired) electrons. The predicted molar refractivity (Wildman–Crippen MR) is 64.0 cm³/mol. The molecule has 0 nitrogen and oxygen atoms in total. The third-order valence-electron chi connectivity index (χ3n) is 3.90. The van der Waals surface area contributed by atoms with E-state index >= 15 is 0 Å². The van der Waals surface area contributed by atoms with Crippen LogP contribution in [0.3, 0.4) is 0 Å². The molecule has 0 spiro atoms. The Bertz CT molecular complexity index is 141. The minimum absolute atomic E-state index is 0.256. The zero-order valence-electron chi connectivity index (χ0n) is 9.77. The summed E-state index contributed by atoms with van der Waals surface area (Å²) in [5, 5.41) is 0.704. The fourth-order valence-corrected chi connectivity index (χ4v) is 3.59. The minimum atomic E-state index is 0.256. The van der Waals surface area contributed by atoms with Gasteiger partial charge in [-0.3, -0.25) is 0 Å². The van der Waals surface area contributed by atoms with Gasteiger partial charge < -0.3 is 0 Å². The summed E-state index contributed by atoms with van der Waals surface area (Å²) in [7, 11) is 0.256. The molecule has 78 valence electrons. The Morgan fingerprint density at radius 2 is 1.54 bits per heavy atom. The van der Waals surface area contributed by atoms with Crippen molar-refractivity contribution in [1.29, 1.82) is 0 Å². The van der Waals surface area contributed by atoms with Gasteiger partial charge in [-0.05, 0) is 37.2 Å². The maximum Gasteiger partial charge on any atom is -0.0128 e. The van der Waals surface area contributed by atoms with E-state index in [0.717, 1.165) is 5.92 Å². The van der Waals surface area contributed by atoms with Crippen molar-refractivity contribution < 1.29 is 0 Å². The highest BCUT2D eigenvalue weighted by Crippen LogP contribution is 2.50. The largest absolute Gasteiger partial charge is 0.107 e. The predicted octanol–water partition coefficient (Wildman–Crippen LogP) is 4.48. The summed E-state index contributed by atoms with van der Waals surface area (Å²) in [6.07, 6.45) is 8.85. The second-order valence-corrected chi connectivity index (χ2v) is 8.15. The van der Waals surface area contributed by atoms with Gasteiger partial charge in [0, 0.05) is 0 Å². The summed E-state index contributed by atoms with van der Waals surface area (Å²) in [6.45, 7) is 9.86. The van der Waals surface area contributed by atoms with Gasteiger partial charge >= 0.3 is 0 Å². The standard InChI is InChI=1S/C12H25P/c1-11-7-5-9-12(2,13(3)4)10-6-8-11/h11H,5-10H2,1-4H3. The highest BCUT2D eigenvalue weighted by atomic mass is 31.1. The molecular formula is C12H25P. The van der Waals surface area contributed by atoms with Crippen LogP contribution in [0.4, 0.5) is 0 Å². The van der Waals surface area contributed by atoms with Crippen LogP contribution in [-0.4, -0.2) is 18.5 Å². The molecule has 1 saturated carbocycles. The first-order valence-electron chi connectivity index (χ1n) is 5.72. The average Bonchev–Trinajstić information content (AvgIpc) is 2.01. The Labute approximate surface area is 85.2 Å². The van der Waals surface area contributed by atoms with Crippen molar-refractivity contribution in [2.75, 3.05) is 13.3 Å². The lowest BCUT2D eigenvalue weighted by atomic mass is 9.87. The summed E-state index contributed by atoms with van der Waals surface area (Å²) in [5.41, 5.74) is 0. The quantitative estimate of drug-likeness (QED) is 0.547. The van der Waals surface area contributed by atoms with Gasteiger partial charge in [-0.25, -0.2) is 0 Å². The molecule has 0 unspecified atom stereocenters. The third-order valence-corrected chi connectivity index (χ3v) is 6.51. The SMILES string of the molecule is CC1CCCC(C)(P(C)C)CCC1. The van der Waals surface area contributed by atoms with E-state index in [9.17, 15) is 0 Å². The highest BCUT2D eigenvalue weighted by Gasteiger charge is 2.28. The minimum Gasteiger partial charge on any atom is -0.107 e. The zero-order valence-corrected chi connectivity index (χ0v) is 10.7. The maximum atomic E-state index is 2.52. The Morgan fingerprint density at radius 3 is 1.92 bits per heavy atom. The first-order chi connectivity index (χ1) is 6.04. The molecule has 0 aliphatic heterocycles. The molecule has 0 aromatic rings. The normalized spacial score (nSPS) is 37.2. The summed E-state index contributed by atoms with van der Waals surface area (Å²) in [4.78, 5) is 0. The van der Waals surface area contributed by atoms with Gasteiger partial charge in [-0.2, -0.15) is 0 Å². The molecular weight excluding hydrogens is 175 g/mol. The molecule has 1 fully saturated rings. The lowest BCUT2D eigenvalue weighted by Crippen LogP contribution is -2.24. The fourth-order valence-electron chi connectivity index (χ4n) is 2.38. The molecule has 0 N–H and O–H groups in total. The molecule has 1 rings (SSSR count). The van der Waals surface area contributed by atoms with E-state index in [-0.39, 0.29) is 7.92 Å². The lowest BCUT2D eigenvalue weighted by molar-refractivity contribution is 0.364. The summed E-state index contributed by atoms with van der Waals surface area (Å²) < 4.78 is 0. The van der Waals surface area contributed by atoms with Crippen molar-refractivity contribution in [3.8, 4) is 0 Å². The van der Waals surface area contributed by atoms with Crippen molar-refractivity contribution in [1.82, 2.24) is 0 Å². The Balaban J connectivity index is 2.49. The molecule has 1 aliphatic carbocycles. The van der Waals surface area contributed by atoms with Gasteiger partial charge in [0.25, 0.3) is 0 Å². The van der Waals surface area contributed by atoms with E-state index in [0.29, 0.717) is 5.16 Å². The first kappa shape index (κ1) is 11.5. The van der Waals surface area contributed by atoms with Gasteiger partial charge in [0.1, 0.15) is 0 Å². The molecule has 0 bridgehead atoms. The summed E-state index contributed by atoms with van der Waals surface area (Å²) in [5.74, 6) is 0.990.